The van der Waals surface area contributed by atoms with Crippen molar-refractivity contribution in [2.24, 2.45) is 0 Å². The van der Waals surface area contributed by atoms with Gasteiger partial charge in [0.2, 0.25) is 10.0 Å². The number of amides is 1. The number of sulfonamides is 1. The SMILES string of the molecule is O=C(Nc1ccc(S(=O)(=O)N2CCCCC2)cc1)c1cc(-c2ccc(Cl)s2)nc2ccccc12. The summed E-state index contributed by atoms with van der Waals surface area (Å²) in [4.78, 5) is 19.1. The van der Waals surface area contributed by atoms with E-state index in [-0.39, 0.29) is 10.8 Å². The van der Waals surface area contributed by atoms with Crippen LogP contribution in [0.5, 0.6) is 0 Å². The number of hydrogen-bond donors (Lipinski definition) is 1. The fraction of sp³-hybridized carbons (Fsp3) is 0.200. The highest BCUT2D eigenvalue weighted by Crippen LogP contribution is 2.32. The van der Waals surface area contributed by atoms with Crippen molar-refractivity contribution in [1.82, 2.24) is 9.29 Å². The number of nitrogens with zero attached hydrogens (tertiary/aromatic N) is 2. The molecule has 0 aliphatic carbocycles. The van der Waals surface area contributed by atoms with E-state index in [1.165, 1.54) is 15.6 Å². The number of carbonyl (C=O) groups excluding carboxylic acids is 1. The zero-order valence-corrected chi connectivity index (χ0v) is 20.6. The number of piperidine rings is 1. The summed E-state index contributed by atoms with van der Waals surface area (Å²) in [5, 5.41) is 3.63. The third-order valence-corrected chi connectivity index (χ3v) is 9.02. The lowest BCUT2D eigenvalue weighted by molar-refractivity contribution is 0.102. The van der Waals surface area contributed by atoms with Gasteiger partial charge in [-0.15, -0.1) is 11.3 Å². The van der Waals surface area contributed by atoms with Crippen molar-refractivity contribution in [3.63, 3.8) is 0 Å². The molecule has 1 amide bonds. The molecule has 0 radical (unpaired) electrons. The van der Waals surface area contributed by atoms with Crippen LogP contribution in [0.2, 0.25) is 4.34 Å². The van der Waals surface area contributed by atoms with Crippen molar-refractivity contribution in [2.45, 2.75) is 24.2 Å². The molecule has 1 N–H and O–H groups in total. The fourth-order valence-electron chi connectivity index (χ4n) is 4.10. The van der Waals surface area contributed by atoms with E-state index < -0.39 is 10.0 Å². The maximum absolute atomic E-state index is 13.3. The molecule has 6 nitrogen and oxygen atoms in total. The van der Waals surface area contributed by atoms with E-state index in [1.54, 1.807) is 36.4 Å². The average molecular weight is 512 g/mol. The van der Waals surface area contributed by atoms with Crippen LogP contribution >= 0.6 is 22.9 Å². The number of rotatable bonds is 5. The molecule has 34 heavy (non-hydrogen) atoms. The molecule has 0 spiro atoms. The molecule has 1 fully saturated rings. The summed E-state index contributed by atoms with van der Waals surface area (Å²) < 4.78 is 28.0. The molecule has 1 saturated heterocycles. The number of carbonyl (C=O) groups is 1. The Balaban J connectivity index is 1.42. The van der Waals surface area contributed by atoms with Crippen LogP contribution in [-0.2, 0) is 10.0 Å². The summed E-state index contributed by atoms with van der Waals surface area (Å²) >= 11 is 7.50. The second-order valence-corrected chi connectivity index (χ2v) is 11.8. The predicted molar refractivity (Wildman–Crippen MR) is 137 cm³/mol. The Morgan fingerprint density at radius 2 is 1.71 bits per heavy atom. The lowest BCUT2D eigenvalue weighted by atomic mass is 10.1. The van der Waals surface area contributed by atoms with Gasteiger partial charge < -0.3 is 5.32 Å². The second-order valence-electron chi connectivity index (χ2n) is 8.12. The minimum Gasteiger partial charge on any atom is -0.322 e. The zero-order valence-electron chi connectivity index (χ0n) is 18.2. The van der Waals surface area contributed by atoms with Crippen molar-refractivity contribution in [1.29, 1.82) is 0 Å². The molecular weight excluding hydrogens is 490 g/mol. The van der Waals surface area contributed by atoms with E-state index in [4.69, 9.17) is 16.6 Å². The second kappa shape index (κ2) is 9.46. The Hall–Kier alpha value is -2.78. The maximum Gasteiger partial charge on any atom is 0.256 e. The molecule has 1 aliphatic heterocycles. The van der Waals surface area contributed by atoms with Crippen LogP contribution in [0.4, 0.5) is 5.69 Å². The van der Waals surface area contributed by atoms with Crippen molar-refractivity contribution in [2.75, 3.05) is 18.4 Å². The third-order valence-electron chi connectivity index (χ3n) is 5.85. The van der Waals surface area contributed by atoms with Crippen LogP contribution in [0.15, 0.2) is 71.6 Å². The number of nitrogens with one attached hydrogen (secondary N) is 1. The van der Waals surface area contributed by atoms with Gasteiger partial charge in [0.05, 0.1) is 30.9 Å². The molecular formula is C25H22ClN3O3S2. The van der Waals surface area contributed by atoms with Crippen LogP contribution in [-0.4, -0.2) is 36.7 Å². The Bertz CT molecular complexity index is 1460. The molecule has 3 heterocycles. The number of hydrogen-bond acceptors (Lipinski definition) is 5. The monoisotopic (exact) mass is 511 g/mol. The lowest BCUT2D eigenvalue weighted by Gasteiger charge is -2.25. The van der Waals surface area contributed by atoms with E-state index >= 15 is 0 Å². The number of para-hydroxylation sites is 1. The van der Waals surface area contributed by atoms with Crippen molar-refractivity contribution >= 4 is 55.5 Å². The Morgan fingerprint density at radius 1 is 0.971 bits per heavy atom. The van der Waals surface area contributed by atoms with E-state index in [0.717, 1.165) is 29.5 Å². The Morgan fingerprint density at radius 3 is 2.41 bits per heavy atom. The first-order valence-electron chi connectivity index (χ1n) is 11.0. The Labute approximate surface area is 207 Å². The van der Waals surface area contributed by atoms with Crippen molar-refractivity contribution < 1.29 is 13.2 Å². The predicted octanol–water partition coefficient (Wildman–Crippen LogP) is 6.04. The number of pyridine rings is 1. The van der Waals surface area contributed by atoms with Crippen molar-refractivity contribution in [3.8, 4) is 10.6 Å². The van der Waals surface area contributed by atoms with Gasteiger partial charge in [-0.05, 0) is 61.4 Å². The summed E-state index contributed by atoms with van der Waals surface area (Å²) in [7, 11) is -3.52. The Kier molecular flexibility index (Phi) is 6.40. The maximum atomic E-state index is 13.3. The quantitative estimate of drug-likeness (QED) is 0.354. The molecule has 0 atom stereocenters. The van der Waals surface area contributed by atoms with Gasteiger partial charge in [-0.1, -0.05) is 36.2 Å². The number of fused-ring (bicyclic) bond motifs is 1. The van der Waals surface area contributed by atoms with Gasteiger partial charge in [-0.3, -0.25) is 4.79 Å². The average Bonchev–Trinajstić information content (AvgIpc) is 3.30. The van der Waals surface area contributed by atoms with Gasteiger partial charge in [0.15, 0.2) is 0 Å². The summed E-state index contributed by atoms with van der Waals surface area (Å²) in [6.07, 6.45) is 2.82. The third kappa shape index (κ3) is 4.59. The van der Waals surface area contributed by atoms with Gasteiger partial charge in [0.25, 0.3) is 5.91 Å². The largest absolute Gasteiger partial charge is 0.322 e. The number of aromatic nitrogens is 1. The molecule has 0 bridgehead atoms. The van der Waals surface area contributed by atoms with Gasteiger partial charge in [-0.25, -0.2) is 13.4 Å². The molecule has 0 unspecified atom stereocenters. The molecule has 1 aliphatic rings. The molecule has 2 aromatic heterocycles. The molecule has 5 rings (SSSR count). The molecule has 0 saturated carbocycles. The van der Waals surface area contributed by atoms with Crippen LogP contribution in [0, 0.1) is 0 Å². The molecule has 4 aromatic rings. The summed E-state index contributed by atoms with van der Waals surface area (Å²) in [6, 6.07) is 19.2. The van der Waals surface area contributed by atoms with Gasteiger partial charge >= 0.3 is 0 Å². The minimum absolute atomic E-state index is 0.235. The highest BCUT2D eigenvalue weighted by molar-refractivity contribution is 7.89. The summed E-state index contributed by atoms with van der Waals surface area (Å²) in [5.41, 5.74) is 2.38. The molecule has 9 heteroatoms. The van der Waals surface area contributed by atoms with E-state index in [2.05, 4.69) is 5.32 Å². The lowest BCUT2D eigenvalue weighted by Crippen LogP contribution is -2.35. The standard InChI is InChI=1S/C25H22ClN3O3S2/c26-24-13-12-23(33-24)22-16-20(19-6-2-3-7-21(19)28-22)25(30)27-17-8-10-18(11-9-17)34(31,32)29-14-4-1-5-15-29/h2-3,6-13,16H,1,4-5,14-15H2,(H,27,30). The first kappa shape index (κ1) is 23.0. The first-order valence-corrected chi connectivity index (χ1v) is 13.6. The number of halogens is 1. The molecule has 2 aromatic carbocycles. The highest BCUT2D eigenvalue weighted by Gasteiger charge is 2.25. The fourth-order valence-corrected chi connectivity index (χ4v) is 6.63. The zero-order chi connectivity index (χ0) is 23.7. The smallest absolute Gasteiger partial charge is 0.256 e. The number of thiophene rings is 1. The normalized spacial score (nSPS) is 14.9. The van der Waals surface area contributed by atoms with E-state index in [0.29, 0.717) is 39.9 Å². The van der Waals surface area contributed by atoms with E-state index in [1.807, 2.05) is 30.3 Å². The van der Waals surface area contributed by atoms with Crippen molar-refractivity contribution in [3.05, 3.63) is 76.6 Å². The van der Waals surface area contributed by atoms with Crippen LogP contribution in [0.1, 0.15) is 29.6 Å². The topological polar surface area (TPSA) is 79.4 Å². The van der Waals surface area contributed by atoms with Crippen LogP contribution in [0.25, 0.3) is 21.5 Å². The minimum atomic E-state index is -3.52. The van der Waals surface area contributed by atoms with Crippen LogP contribution in [0.3, 0.4) is 0 Å². The van der Waals surface area contributed by atoms with Gasteiger partial charge in [0.1, 0.15) is 0 Å². The van der Waals surface area contributed by atoms with Gasteiger partial charge in [-0.2, -0.15) is 4.31 Å². The number of benzene rings is 2. The van der Waals surface area contributed by atoms with Gasteiger partial charge in [0, 0.05) is 24.2 Å². The first-order chi connectivity index (χ1) is 16.4. The van der Waals surface area contributed by atoms with E-state index in [9.17, 15) is 13.2 Å². The highest BCUT2D eigenvalue weighted by atomic mass is 35.5. The molecule has 174 valence electrons. The summed E-state index contributed by atoms with van der Waals surface area (Å²) in [6.45, 7) is 1.10. The van der Waals surface area contributed by atoms with Crippen LogP contribution < -0.4 is 5.32 Å². The number of anilines is 1. The summed E-state index contributed by atoms with van der Waals surface area (Å²) in [5.74, 6) is -0.297.